The molecule has 136 valence electrons. The van der Waals surface area contributed by atoms with Gasteiger partial charge in [-0.05, 0) is 30.5 Å². The molecule has 3 atom stereocenters. The van der Waals surface area contributed by atoms with Gasteiger partial charge in [0.15, 0.2) is 0 Å². The molecule has 2 aliphatic heterocycles. The molecule has 2 aromatic heterocycles. The van der Waals surface area contributed by atoms with Crippen molar-refractivity contribution in [3.8, 4) is 0 Å². The van der Waals surface area contributed by atoms with Gasteiger partial charge in [-0.25, -0.2) is 0 Å². The van der Waals surface area contributed by atoms with Crippen LogP contribution in [0.3, 0.4) is 0 Å². The number of ether oxygens (including phenoxy) is 2. The number of likely N-dealkylation sites (tertiary alicyclic amines) is 1. The number of hydrogen-bond donors (Lipinski definition) is 0. The van der Waals surface area contributed by atoms with Crippen LogP contribution in [0.1, 0.15) is 22.5 Å². The van der Waals surface area contributed by atoms with Gasteiger partial charge >= 0.3 is 0 Å². The Kier molecular flexibility index (Phi) is 5.17. The van der Waals surface area contributed by atoms with E-state index < -0.39 is 0 Å². The van der Waals surface area contributed by atoms with E-state index >= 15 is 0 Å². The van der Waals surface area contributed by atoms with Crippen molar-refractivity contribution >= 4 is 5.91 Å². The second-order valence-electron chi connectivity index (χ2n) is 6.80. The number of carbonyl (C=O) groups is 1. The van der Waals surface area contributed by atoms with Crippen LogP contribution in [0.15, 0.2) is 42.9 Å². The summed E-state index contributed by atoms with van der Waals surface area (Å²) in [6, 6.07) is 7.52. The molecule has 0 saturated carbocycles. The van der Waals surface area contributed by atoms with Crippen LogP contribution < -0.4 is 0 Å². The van der Waals surface area contributed by atoms with E-state index in [2.05, 4.69) is 15.2 Å². The maximum Gasteiger partial charge on any atom is 0.255 e. The van der Waals surface area contributed by atoms with Crippen LogP contribution in [0.2, 0.25) is 0 Å². The topological polar surface area (TPSA) is 77.4 Å². The van der Waals surface area contributed by atoms with E-state index in [9.17, 15) is 4.79 Å². The Bertz CT molecular complexity index is 728. The summed E-state index contributed by atoms with van der Waals surface area (Å²) in [6.45, 7) is 3.34. The number of rotatable bonds is 6. The second-order valence-corrected chi connectivity index (χ2v) is 6.80. The minimum absolute atomic E-state index is 0.00283. The van der Waals surface area contributed by atoms with Crippen molar-refractivity contribution < 1.29 is 14.3 Å². The molecular weight excluding hydrogens is 332 g/mol. The monoisotopic (exact) mass is 354 g/mol. The molecule has 0 unspecified atom stereocenters. The van der Waals surface area contributed by atoms with Gasteiger partial charge in [-0.3, -0.25) is 9.78 Å². The highest BCUT2D eigenvalue weighted by Crippen LogP contribution is 2.36. The van der Waals surface area contributed by atoms with Crippen LogP contribution in [-0.2, 0) is 16.1 Å². The van der Waals surface area contributed by atoms with E-state index in [1.807, 2.05) is 23.1 Å². The lowest BCUT2D eigenvalue weighted by atomic mass is 9.91. The molecule has 26 heavy (non-hydrogen) atoms. The van der Waals surface area contributed by atoms with Crippen molar-refractivity contribution in [2.75, 3.05) is 26.3 Å². The third kappa shape index (κ3) is 3.73. The highest BCUT2D eigenvalue weighted by Gasteiger charge is 2.45. The molecule has 0 aliphatic carbocycles. The first kappa shape index (κ1) is 17.1. The van der Waals surface area contributed by atoms with Crippen molar-refractivity contribution in [2.45, 2.75) is 19.1 Å². The third-order valence-electron chi connectivity index (χ3n) is 5.17. The molecule has 2 aliphatic rings. The molecule has 0 bridgehead atoms. The first-order chi connectivity index (χ1) is 12.8. The highest BCUT2D eigenvalue weighted by molar-refractivity contribution is 5.94. The van der Waals surface area contributed by atoms with E-state index in [0.29, 0.717) is 37.2 Å². The first-order valence-electron chi connectivity index (χ1n) is 8.96. The number of fused-ring (bicyclic) bond motifs is 1. The van der Waals surface area contributed by atoms with E-state index in [4.69, 9.17) is 9.47 Å². The highest BCUT2D eigenvalue weighted by atomic mass is 16.5. The first-order valence-corrected chi connectivity index (χ1v) is 8.96. The largest absolute Gasteiger partial charge is 0.376 e. The van der Waals surface area contributed by atoms with E-state index in [-0.39, 0.29) is 12.0 Å². The quantitative estimate of drug-likeness (QED) is 0.733. The number of carbonyl (C=O) groups excluding carboxylic acids is 1. The minimum Gasteiger partial charge on any atom is -0.376 e. The van der Waals surface area contributed by atoms with Crippen molar-refractivity contribution in [1.29, 1.82) is 0 Å². The van der Waals surface area contributed by atoms with Gasteiger partial charge in [0.25, 0.3) is 5.91 Å². The number of aromatic nitrogens is 3. The summed E-state index contributed by atoms with van der Waals surface area (Å²) in [6.07, 6.45) is 5.90. The molecular formula is C19H22N4O3. The molecule has 4 heterocycles. The summed E-state index contributed by atoms with van der Waals surface area (Å²) in [5.41, 5.74) is 1.52. The Morgan fingerprint density at radius 3 is 3.00 bits per heavy atom. The van der Waals surface area contributed by atoms with E-state index in [1.165, 1.54) is 6.20 Å². The van der Waals surface area contributed by atoms with E-state index in [1.54, 1.807) is 18.5 Å². The number of pyridine rings is 1. The predicted molar refractivity (Wildman–Crippen MR) is 93.2 cm³/mol. The second kappa shape index (κ2) is 7.88. The molecule has 2 fully saturated rings. The maximum absolute atomic E-state index is 12.6. The standard InChI is InChI=1S/C19H22N4O3/c24-19(14-4-7-21-22-9-14)23-10-17-15(12-26-18(17)11-23)5-8-25-13-16-3-1-2-6-20-16/h1-4,6-7,9,15,17-18H,5,8,10-13H2/t15-,17-,18-/m0/s1. The molecule has 0 aromatic carbocycles. The Morgan fingerprint density at radius 1 is 1.23 bits per heavy atom. The van der Waals surface area contributed by atoms with Crippen molar-refractivity contribution in [1.82, 2.24) is 20.1 Å². The Morgan fingerprint density at radius 2 is 2.19 bits per heavy atom. The summed E-state index contributed by atoms with van der Waals surface area (Å²) in [4.78, 5) is 18.7. The van der Waals surface area contributed by atoms with Gasteiger partial charge in [-0.15, -0.1) is 0 Å². The molecule has 7 heteroatoms. The fourth-order valence-electron chi connectivity index (χ4n) is 3.76. The Labute approximate surface area is 152 Å². The van der Waals surface area contributed by atoms with Crippen LogP contribution >= 0.6 is 0 Å². The smallest absolute Gasteiger partial charge is 0.255 e. The van der Waals surface area contributed by atoms with E-state index in [0.717, 1.165) is 25.3 Å². The van der Waals surface area contributed by atoms with Gasteiger partial charge in [-0.2, -0.15) is 10.2 Å². The SMILES string of the molecule is O=C(c1ccnnc1)N1C[C@H]2[C@@H](CCOCc3ccccn3)CO[C@H]2C1. The lowest BCUT2D eigenvalue weighted by molar-refractivity contribution is 0.0646. The van der Waals surface area contributed by atoms with Gasteiger partial charge < -0.3 is 14.4 Å². The summed E-state index contributed by atoms with van der Waals surface area (Å²) < 4.78 is 11.7. The minimum atomic E-state index is 0.00283. The van der Waals surface area contributed by atoms with Gasteiger partial charge in [0, 0.05) is 31.8 Å². The molecule has 0 radical (unpaired) electrons. The van der Waals surface area contributed by atoms with Gasteiger partial charge in [0.05, 0.1) is 43.0 Å². The molecule has 1 amide bonds. The molecule has 7 nitrogen and oxygen atoms in total. The average molecular weight is 354 g/mol. The molecule has 0 spiro atoms. The maximum atomic E-state index is 12.6. The zero-order chi connectivity index (χ0) is 17.8. The zero-order valence-electron chi connectivity index (χ0n) is 14.5. The number of amides is 1. The summed E-state index contributed by atoms with van der Waals surface area (Å²) >= 11 is 0. The Hall–Kier alpha value is -2.38. The van der Waals surface area contributed by atoms with Gasteiger partial charge in [0.2, 0.25) is 0 Å². The fraction of sp³-hybridized carbons (Fsp3) is 0.474. The average Bonchev–Trinajstić information content (AvgIpc) is 3.27. The van der Waals surface area contributed by atoms with Crippen LogP contribution in [0, 0.1) is 11.8 Å². The summed E-state index contributed by atoms with van der Waals surface area (Å²) in [5, 5.41) is 7.51. The predicted octanol–water partition coefficient (Wildman–Crippen LogP) is 1.57. The van der Waals surface area contributed by atoms with Crippen molar-refractivity contribution in [2.24, 2.45) is 11.8 Å². The van der Waals surface area contributed by atoms with Gasteiger partial charge in [-0.1, -0.05) is 6.07 Å². The number of nitrogens with zero attached hydrogens (tertiary/aromatic N) is 4. The molecule has 2 saturated heterocycles. The fourth-order valence-corrected chi connectivity index (χ4v) is 3.76. The number of hydrogen-bond acceptors (Lipinski definition) is 6. The van der Waals surface area contributed by atoms with Crippen LogP contribution in [0.4, 0.5) is 0 Å². The van der Waals surface area contributed by atoms with Crippen LogP contribution in [0.25, 0.3) is 0 Å². The molecule has 4 rings (SSSR count). The summed E-state index contributed by atoms with van der Waals surface area (Å²) in [5.74, 6) is 0.812. The van der Waals surface area contributed by atoms with Gasteiger partial charge in [0.1, 0.15) is 0 Å². The lowest BCUT2D eigenvalue weighted by Gasteiger charge is -2.19. The lowest BCUT2D eigenvalue weighted by Crippen LogP contribution is -2.31. The Balaban J connectivity index is 1.26. The van der Waals surface area contributed by atoms with Crippen molar-refractivity contribution in [3.05, 3.63) is 54.1 Å². The zero-order valence-corrected chi connectivity index (χ0v) is 14.5. The molecule has 0 N–H and O–H groups in total. The normalized spacial score (nSPS) is 24.6. The summed E-state index contributed by atoms with van der Waals surface area (Å²) in [7, 11) is 0. The van der Waals surface area contributed by atoms with Crippen LogP contribution in [-0.4, -0.2) is 58.4 Å². The molecule has 2 aromatic rings. The van der Waals surface area contributed by atoms with Crippen LogP contribution in [0.5, 0.6) is 0 Å². The van der Waals surface area contributed by atoms with Crippen molar-refractivity contribution in [3.63, 3.8) is 0 Å². The third-order valence-corrected chi connectivity index (χ3v) is 5.17.